The van der Waals surface area contributed by atoms with Crippen molar-refractivity contribution < 1.29 is 4.74 Å². The fourth-order valence-electron chi connectivity index (χ4n) is 9.73. The van der Waals surface area contributed by atoms with Crippen molar-refractivity contribution >= 4 is 44.8 Å². The Morgan fingerprint density at radius 3 is 2.12 bits per heavy atom. The molecular weight excluding hydrogens is 733 g/mol. The van der Waals surface area contributed by atoms with Gasteiger partial charge < -0.3 is 9.64 Å². The number of pyridine rings is 1. The van der Waals surface area contributed by atoms with Gasteiger partial charge in [0.15, 0.2) is 0 Å². The molecule has 0 fully saturated rings. The Balaban J connectivity index is 1.27. The van der Waals surface area contributed by atoms with Crippen LogP contribution < -0.4 is 4.90 Å². The SMILES string of the molecule is Cc1ccc2c(c1)c1cc3c(cc1n2-c1cc(C(C)(C)C)ccn1)N(c1cc(C2=N[C@](C)(c4ccccc4)CO2)cc(-c2c(C)cccc2C)c1)c1ccccc1C3(C)C. The normalized spacial score (nSPS) is 17.1. The molecule has 0 aliphatic carbocycles. The van der Waals surface area contributed by atoms with Crippen LogP contribution in [-0.4, -0.2) is 22.1 Å². The molecular formula is C55H52N4O. The average Bonchev–Trinajstić information content (AvgIpc) is 3.79. The molecule has 0 unspecified atom stereocenters. The highest BCUT2D eigenvalue weighted by Gasteiger charge is 2.39. The number of hydrogen-bond acceptors (Lipinski definition) is 4. The van der Waals surface area contributed by atoms with Crippen molar-refractivity contribution in [2.75, 3.05) is 11.5 Å². The summed E-state index contributed by atoms with van der Waals surface area (Å²) in [7, 11) is 0. The monoisotopic (exact) mass is 784 g/mol. The predicted molar refractivity (Wildman–Crippen MR) is 250 cm³/mol. The largest absolute Gasteiger partial charge is 0.475 e. The zero-order valence-electron chi connectivity index (χ0n) is 36.2. The van der Waals surface area contributed by atoms with Gasteiger partial charge >= 0.3 is 0 Å². The first-order chi connectivity index (χ1) is 28.7. The van der Waals surface area contributed by atoms with Gasteiger partial charge in [-0.3, -0.25) is 4.57 Å². The van der Waals surface area contributed by atoms with E-state index in [-0.39, 0.29) is 10.8 Å². The quantitative estimate of drug-likeness (QED) is 0.175. The van der Waals surface area contributed by atoms with Crippen LogP contribution in [0, 0.1) is 20.8 Å². The number of ether oxygens (including phenoxy) is 1. The number of aliphatic imine (C=N–C) groups is 1. The maximum absolute atomic E-state index is 6.60. The molecule has 2 aliphatic rings. The minimum absolute atomic E-state index is 0.0270. The van der Waals surface area contributed by atoms with Crippen LogP contribution in [0.25, 0.3) is 38.8 Å². The van der Waals surface area contributed by atoms with Crippen LogP contribution in [0.1, 0.15) is 86.1 Å². The highest BCUT2D eigenvalue weighted by molar-refractivity contribution is 6.12. The Kier molecular flexibility index (Phi) is 8.53. The van der Waals surface area contributed by atoms with Gasteiger partial charge in [-0.15, -0.1) is 0 Å². The van der Waals surface area contributed by atoms with Gasteiger partial charge in [0, 0.05) is 33.6 Å². The molecule has 0 spiro atoms. The first-order valence-electron chi connectivity index (χ1n) is 21.2. The summed E-state index contributed by atoms with van der Waals surface area (Å²) in [5.41, 5.74) is 16.8. The van der Waals surface area contributed by atoms with Gasteiger partial charge in [0.25, 0.3) is 0 Å². The predicted octanol–water partition coefficient (Wildman–Crippen LogP) is 13.9. The van der Waals surface area contributed by atoms with Gasteiger partial charge in [-0.25, -0.2) is 9.98 Å². The van der Waals surface area contributed by atoms with Crippen LogP contribution >= 0.6 is 0 Å². The Labute approximate surface area is 354 Å². The third-order valence-electron chi connectivity index (χ3n) is 13.0. The van der Waals surface area contributed by atoms with E-state index in [1.165, 1.54) is 49.7 Å². The van der Waals surface area contributed by atoms with E-state index < -0.39 is 5.54 Å². The van der Waals surface area contributed by atoms with Crippen molar-refractivity contribution in [2.24, 2.45) is 4.99 Å². The van der Waals surface area contributed by atoms with Crippen molar-refractivity contribution in [3.63, 3.8) is 0 Å². The van der Waals surface area contributed by atoms with E-state index in [4.69, 9.17) is 14.7 Å². The van der Waals surface area contributed by atoms with Crippen molar-refractivity contribution in [1.82, 2.24) is 9.55 Å². The molecule has 5 nitrogen and oxygen atoms in total. The number of para-hydroxylation sites is 1. The number of nitrogens with zero attached hydrogens (tertiary/aromatic N) is 4. The summed E-state index contributed by atoms with van der Waals surface area (Å²) >= 11 is 0. The van der Waals surface area contributed by atoms with E-state index in [9.17, 15) is 0 Å². The van der Waals surface area contributed by atoms with Crippen LogP contribution in [0.15, 0.2) is 145 Å². The van der Waals surface area contributed by atoms with Gasteiger partial charge in [0.05, 0.1) is 22.4 Å². The maximum atomic E-state index is 6.60. The van der Waals surface area contributed by atoms with Crippen molar-refractivity contribution in [3.05, 3.63) is 184 Å². The highest BCUT2D eigenvalue weighted by atomic mass is 16.5. The first-order valence-corrected chi connectivity index (χ1v) is 21.2. The van der Waals surface area contributed by atoms with Gasteiger partial charge in [0.1, 0.15) is 18.0 Å². The summed E-state index contributed by atoms with van der Waals surface area (Å²) in [6.45, 7) is 20.8. The molecule has 8 aromatic rings. The summed E-state index contributed by atoms with van der Waals surface area (Å²) in [6.07, 6.45) is 1.96. The van der Waals surface area contributed by atoms with Gasteiger partial charge in [-0.1, -0.05) is 113 Å². The third kappa shape index (κ3) is 5.97. The standard InChI is InChI=1S/C55H52N4O/c1-34-22-23-46-42(26-34)43-31-45-49(32-48(43)59(46)50-30-40(24-25-56-50)53(4,5)6)58(47-21-14-13-20-44(47)54(45,7)8)41-28-37(51-35(2)16-15-17-36(51)3)27-38(29-41)52-57-55(9,33-60-52)39-18-11-10-12-19-39/h10-32H,33H2,1-9H3/t55-/m0/s1. The summed E-state index contributed by atoms with van der Waals surface area (Å²) in [5.74, 6) is 1.59. The number of fused-ring (bicyclic) bond motifs is 5. The Morgan fingerprint density at radius 1 is 0.633 bits per heavy atom. The van der Waals surface area contributed by atoms with Gasteiger partial charge in [0.2, 0.25) is 5.90 Å². The van der Waals surface area contributed by atoms with Crippen molar-refractivity contribution in [2.45, 2.75) is 78.7 Å². The second-order valence-electron chi connectivity index (χ2n) is 18.8. The molecule has 298 valence electrons. The molecule has 0 N–H and O–H groups in total. The molecule has 0 saturated carbocycles. The Morgan fingerprint density at radius 2 is 1.35 bits per heavy atom. The smallest absolute Gasteiger partial charge is 0.217 e. The molecule has 10 rings (SSSR count). The summed E-state index contributed by atoms with van der Waals surface area (Å²) in [6, 6.07) is 49.0. The van der Waals surface area contributed by atoms with Crippen LogP contribution in [-0.2, 0) is 21.1 Å². The average molecular weight is 785 g/mol. The number of anilines is 3. The summed E-state index contributed by atoms with van der Waals surface area (Å²) < 4.78 is 8.97. The molecule has 2 aliphatic heterocycles. The lowest BCUT2D eigenvalue weighted by Gasteiger charge is -2.42. The van der Waals surface area contributed by atoms with E-state index >= 15 is 0 Å². The second kappa shape index (κ2) is 13.5. The Hall–Kier alpha value is -6.46. The van der Waals surface area contributed by atoms with Gasteiger partial charge in [-0.2, -0.15) is 0 Å². The van der Waals surface area contributed by atoms with E-state index in [0.29, 0.717) is 12.5 Å². The molecule has 0 amide bonds. The molecule has 6 aromatic carbocycles. The second-order valence-corrected chi connectivity index (χ2v) is 18.8. The van der Waals surface area contributed by atoms with E-state index in [2.05, 4.69) is 205 Å². The maximum Gasteiger partial charge on any atom is 0.217 e. The van der Waals surface area contributed by atoms with Crippen molar-refractivity contribution in [1.29, 1.82) is 0 Å². The fourth-order valence-corrected chi connectivity index (χ4v) is 9.73. The lowest BCUT2D eigenvalue weighted by atomic mass is 9.73. The Bertz CT molecular complexity index is 3030. The molecule has 4 heterocycles. The lowest BCUT2D eigenvalue weighted by molar-refractivity contribution is 0.269. The minimum Gasteiger partial charge on any atom is -0.475 e. The van der Waals surface area contributed by atoms with Gasteiger partial charge in [-0.05, 0) is 138 Å². The fraction of sp³-hybridized carbons (Fsp3) is 0.236. The van der Waals surface area contributed by atoms with Crippen LogP contribution in [0.5, 0.6) is 0 Å². The third-order valence-corrected chi connectivity index (χ3v) is 13.0. The molecule has 5 heteroatoms. The van der Waals surface area contributed by atoms with E-state index in [0.717, 1.165) is 50.6 Å². The number of benzene rings is 6. The topological polar surface area (TPSA) is 42.7 Å². The summed E-state index contributed by atoms with van der Waals surface area (Å²) in [4.78, 5) is 12.9. The molecule has 60 heavy (non-hydrogen) atoms. The zero-order chi connectivity index (χ0) is 41.7. The molecule has 0 saturated heterocycles. The van der Waals surface area contributed by atoms with Crippen molar-refractivity contribution in [3.8, 4) is 16.9 Å². The molecule has 0 bridgehead atoms. The number of aryl methyl sites for hydroxylation is 3. The first kappa shape index (κ1) is 37.8. The van der Waals surface area contributed by atoms with Crippen LogP contribution in [0.2, 0.25) is 0 Å². The lowest BCUT2D eigenvalue weighted by Crippen LogP contribution is -2.30. The summed E-state index contributed by atoms with van der Waals surface area (Å²) in [5, 5.41) is 2.45. The van der Waals surface area contributed by atoms with Crippen LogP contribution in [0.4, 0.5) is 17.1 Å². The number of aromatic nitrogens is 2. The van der Waals surface area contributed by atoms with Crippen LogP contribution in [0.3, 0.4) is 0 Å². The van der Waals surface area contributed by atoms with E-state index in [1.807, 2.05) is 6.20 Å². The molecule has 1 atom stereocenters. The van der Waals surface area contributed by atoms with E-state index in [1.54, 1.807) is 0 Å². The zero-order valence-corrected chi connectivity index (χ0v) is 36.2. The number of hydrogen-bond donors (Lipinski definition) is 0. The minimum atomic E-state index is -0.491. The highest BCUT2D eigenvalue weighted by Crippen LogP contribution is 2.54. The molecule has 2 aromatic heterocycles. The molecule has 0 radical (unpaired) electrons. The number of rotatable bonds is 5.